The smallest absolute Gasteiger partial charge is 0.269 e. The van der Waals surface area contributed by atoms with Gasteiger partial charge < -0.3 is 11.1 Å². The molecule has 1 amide bonds. The molecule has 7 nitrogen and oxygen atoms in total. The molecule has 4 N–H and O–H groups in total. The summed E-state index contributed by atoms with van der Waals surface area (Å²) in [5.41, 5.74) is 6.44. The van der Waals surface area contributed by atoms with Gasteiger partial charge in [-0.15, -0.1) is 0 Å². The van der Waals surface area contributed by atoms with E-state index in [-0.39, 0.29) is 11.1 Å². The third-order valence-electron chi connectivity index (χ3n) is 2.47. The van der Waals surface area contributed by atoms with Gasteiger partial charge in [-0.25, -0.2) is 9.97 Å². The zero-order valence-corrected chi connectivity index (χ0v) is 11.1. The number of hydrogen-bond acceptors (Lipinski definition) is 5. The maximum atomic E-state index is 11.5. The fourth-order valence-electron chi connectivity index (χ4n) is 1.50. The van der Waals surface area contributed by atoms with Gasteiger partial charge in [0.1, 0.15) is 5.82 Å². The van der Waals surface area contributed by atoms with Crippen molar-refractivity contribution in [3.05, 3.63) is 30.1 Å². The zero-order chi connectivity index (χ0) is 14.0. The highest BCUT2D eigenvalue weighted by atomic mass is 16.1. The molecule has 100 valence electrons. The van der Waals surface area contributed by atoms with Crippen LogP contribution in [-0.2, 0) is 5.41 Å². The molecule has 0 aliphatic rings. The van der Waals surface area contributed by atoms with E-state index in [0.717, 1.165) is 0 Å². The van der Waals surface area contributed by atoms with Crippen LogP contribution in [0.2, 0.25) is 0 Å². The number of nitrogens with zero attached hydrogens (tertiary/aromatic N) is 3. The monoisotopic (exact) mass is 260 g/mol. The largest absolute Gasteiger partial charge is 0.364 e. The van der Waals surface area contributed by atoms with Crippen molar-refractivity contribution >= 4 is 17.3 Å². The van der Waals surface area contributed by atoms with Crippen LogP contribution in [0.3, 0.4) is 0 Å². The Morgan fingerprint density at radius 3 is 2.63 bits per heavy atom. The summed E-state index contributed by atoms with van der Waals surface area (Å²) in [6.07, 6.45) is 4.80. The number of H-pyrrole nitrogens is 1. The highest BCUT2D eigenvalue weighted by molar-refractivity contribution is 5.96. The van der Waals surface area contributed by atoms with Gasteiger partial charge in [-0.2, -0.15) is 5.10 Å². The van der Waals surface area contributed by atoms with Crippen molar-refractivity contribution < 1.29 is 4.79 Å². The molecule has 0 fully saturated rings. The van der Waals surface area contributed by atoms with E-state index in [1.54, 1.807) is 18.6 Å². The average Bonchev–Trinajstić information content (AvgIpc) is 2.80. The van der Waals surface area contributed by atoms with Crippen molar-refractivity contribution in [1.82, 2.24) is 20.2 Å². The van der Waals surface area contributed by atoms with Gasteiger partial charge >= 0.3 is 0 Å². The fourth-order valence-corrected chi connectivity index (χ4v) is 1.50. The molecule has 2 aromatic rings. The molecule has 0 aromatic carbocycles. The lowest BCUT2D eigenvalue weighted by Gasteiger charge is -2.18. The molecule has 0 unspecified atom stereocenters. The summed E-state index contributed by atoms with van der Waals surface area (Å²) in [4.78, 5) is 20.0. The predicted molar refractivity (Wildman–Crippen MR) is 71.1 cm³/mol. The molecule has 0 aliphatic carbocycles. The third kappa shape index (κ3) is 2.87. The first-order chi connectivity index (χ1) is 8.88. The summed E-state index contributed by atoms with van der Waals surface area (Å²) >= 11 is 0. The number of carbonyl (C=O) groups excluding carboxylic acids is 1. The normalized spacial score (nSPS) is 11.3. The second-order valence-electron chi connectivity index (χ2n) is 5.18. The minimum absolute atomic E-state index is 0.168. The molecule has 0 bridgehead atoms. The maximum Gasteiger partial charge on any atom is 0.269 e. The minimum Gasteiger partial charge on any atom is -0.364 e. The lowest BCUT2D eigenvalue weighted by molar-refractivity contribution is 0.0996. The van der Waals surface area contributed by atoms with Gasteiger partial charge in [0.25, 0.3) is 5.91 Å². The molecule has 0 saturated carbocycles. The van der Waals surface area contributed by atoms with Crippen LogP contribution in [0.5, 0.6) is 0 Å². The number of aromatic amines is 1. The molecule has 0 saturated heterocycles. The Bertz CT molecular complexity index is 585. The minimum atomic E-state index is -0.598. The summed E-state index contributed by atoms with van der Waals surface area (Å²) in [6, 6.07) is 0. The Balaban J connectivity index is 2.41. The SMILES string of the molecule is CC(C)(C)c1ncc(Nc2cn[nH]c2)c(C(N)=O)n1. The van der Waals surface area contributed by atoms with E-state index < -0.39 is 5.91 Å². The first-order valence-corrected chi connectivity index (χ1v) is 5.81. The van der Waals surface area contributed by atoms with Crippen molar-refractivity contribution in [3.8, 4) is 0 Å². The van der Waals surface area contributed by atoms with Crippen LogP contribution in [0.4, 0.5) is 11.4 Å². The second-order valence-corrected chi connectivity index (χ2v) is 5.18. The van der Waals surface area contributed by atoms with E-state index in [0.29, 0.717) is 17.2 Å². The van der Waals surface area contributed by atoms with Crippen molar-refractivity contribution in [2.45, 2.75) is 26.2 Å². The average molecular weight is 260 g/mol. The molecule has 2 aromatic heterocycles. The molecular weight excluding hydrogens is 244 g/mol. The van der Waals surface area contributed by atoms with Gasteiger partial charge in [0.15, 0.2) is 5.69 Å². The summed E-state index contributed by atoms with van der Waals surface area (Å²) in [6.45, 7) is 5.91. The summed E-state index contributed by atoms with van der Waals surface area (Å²) in [7, 11) is 0. The lowest BCUT2D eigenvalue weighted by Crippen LogP contribution is -2.22. The van der Waals surface area contributed by atoms with Crippen LogP contribution in [0.25, 0.3) is 0 Å². The van der Waals surface area contributed by atoms with E-state index in [4.69, 9.17) is 5.73 Å². The van der Waals surface area contributed by atoms with Crippen LogP contribution in [0.15, 0.2) is 18.6 Å². The van der Waals surface area contributed by atoms with Crippen molar-refractivity contribution in [2.24, 2.45) is 5.73 Å². The summed E-state index contributed by atoms with van der Waals surface area (Å²) in [5.74, 6) is -0.0297. The molecule has 19 heavy (non-hydrogen) atoms. The zero-order valence-electron chi connectivity index (χ0n) is 11.1. The number of amides is 1. The first kappa shape index (κ1) is 13.0. The number of primary amides is 1. The van der Waals surface area contributed by atoms with Crippen LogP contribution < -0.4 is 11.1 Å². The van der Waals surface area contributed by atoms with E-state index in [1.807, 2.05) is 20.8 Å². The van der Waals surface area contributed by atoms with Crippen molar-refractivity contribution in [2.75, 3.05) is 5.32 Å². The Hall–Kier alpha value is -2.44. The first-order valence-electron chi connectivity index (χ1n) is 5.81. The predicted octanol–water partition coefficient (Wildman–Crippen LogP) is 1.34. The van der Waals surface area contributed by atoms with Gasteiger partial charge in [0.2, 0.25) is 0 Å². The third-order valence-corrected chi connectivity index (χ3v) is 2.47. The molecule has 2 rings (SSSR count). The van der Waals surface area contributed by atoms with Gasteiger partial charge in [-0.1, -0.05) is 20.8 Å². The summed E-state index contributed by atoms with van der Waals surface area (Å²) in [5, 5.41) is 9.46. The number of anilines is 2. The van der Waals surface area contributed by atoms with Gasteiger partial charge in [-0.3, -0.25) is 9.89 Å². The number of nitrogens with two attached hydrogens (primary N) is 1. The van der Waals surface area contributed by atoms with Gasteiger partial charge in [0, 0.05) is 11.6 Å². The van der Waals surface area contributed by atoms with Gasteiger partial charge in [-0.05, 0) is 0 Å². The molecular formula is C12H16N6O. The van der Waals surface area contributed by atoms with Crippen LogP contribution in [-0.4, -0.2) is 26.1 Å². The molecule has 0 radical (unpaired) electrons. The molecule has 0 spiro atoms. The molecule has 0 atom stereocenters. The highest BCUT2D eigenvalue weighted by Gasteiger charge is 2.21. The maximum absolute atomic E-state index is 11.5. The number of hydrogen-bond donors (Lipinski definition) is 3. The number of nitrogens with one attached hydrogen (secondary N) is 2. The summed E-state index contributed by atoms with van der Waals surface area (Å²) < 4.78 is 0. The fraction of sp³-hybridized carbons (Fsp3) is 0.333. The Kier molecular flexibility index (Phi) is 3.20. The standard InChI is InChI=1S/C12H16N6O/c1-12(2,3)11-14-6-8(9(18-11)10(13)19)17-7-4-15-16-5-7/h4-6,17H,1-3H3,(H2,13,19)(H,15,16). The lowest BCUT2D eigenvalue weighted by atomic mass is 9.95. The van der Waals surface area contributed by atoms with Crippen LogP contribution in [0.1, 0.15) is 37.1 Å². The highest BCUT2D eigenvalue weighted by Crippen LogP contribution is 2.22. The van der Waals surface area contributed by atoms with Crippen LogP contribution >= 0.6 is 0 Å². The number of carbonyl (C=O) groups is 1. The van der Waals surface area contributed by atoms with Crippen LogP contribution in [0, 0.1) is 0 Å². The number of aromatic nitrogens is 4. The van der Waals surface area contributed by atoms with Crippen molar-refractivity contribution in [1.29, 1.82) is 0 Å². The van der Waals surface area contributed by atoms with E-state index in [9.17, 15) is 4.79 Å². The Morgan fingerprint density at radius 2 is 2.11 bits per heavy atom. The topological polar surface area (TPSA) is 110 Å². The number of rotatable bonds is 3. The quantitative estimate of drug-likeness (QED) is 0.771. The van der Waals surface area contributed by atoms with E-state index in [1.165, 1.54) is 0 Å². The van der Waals surface area contributed by atoms with E-state index in [2.05, 4.69) is 25.5 Å². The van der Waals surface area contributed by atoms with Crippen molar-refractivity contribution in [3.63, 3.8) is 0 Å². The Labute approximate surface area is 110 Å². The molecule has 7 heteroatoms. The van der Waals surface area contributed by atoms with Gasteiger partial charge in [0.05, 0.1) is 23.8 Å². The second kappa shape index (κ2) is 4.68. The van der Waals surface area contributed by atoms with E-state index >= 15 is 0 Å². The molecule has 0 aliphatic heterocycles. The molecule has 2 heterocycles. The Morgan fingerprint density at radius 1 is 1.37 bits per heavy atom.